The lowest BCUT2D eigenvalue weighted by molar-refractivity contribution is 0.0435. The third kappa shape index (κ3) is 5.47. The number of hydrogen-bond donors (Lipinski definition) is 2. The van der Waals surface area contributed by atoms with Gasteiger partial charge in [0.15, 0.2) is 5.96 Å². The highest BCUT2D eigenvalue weighted by molar-refractivity contribution is 5.80. The number of nitrogens with one attached hydrogen (secondary N) is 1. The van der Waals surface area contributed by atoms with Crippen LogP contribution in [-0.2, 0) is 5.60 Å². The molecule has 6 heteroatoms. The maximum atomic E-state index is 10.6. The molecule has 1 aliphatic heterocycles. The van der Waals surface area contributed by atoms with Crippen LogP contribution in [0.3, 0.4) is 0 Å². The first-order valence-corrected chi connectivity index (χ1v) is 9.52. The van der Waals surface area contributed by atoms with Crippen molar-refractivity contribution < 1.29 is 9.52 Å². The molecule has 2 atom stereocenters. The van der Waals surface area contributed by atoms with Crippen molar-refractivity contribution >= 4 is 5.96 Å². The SMILES string of the molecule is CCNC(=NCC(C)(O)c1ccco1)N1CCC(CN(CC)CC)C1. The summed E-state index contributed by atoms with van der Waals surface area (Å²) in [5.41, 5.74) is -1.09. The molecule has 2 rings (SSSR count). The van der Waals surface area contributed by atoms with Crippen LogP contribution in [-0.4, -0.2) is 66.7 Å². The Kier molecular flexibility index (Phi) is 7.32. The van der Waals surface area contributed by atoms with Crippen LogP contribution in [0.2, 0.25) is 0 Å². The fourth-order valence-corrected chi connectivity index (χ4v) is 3.34. The molecule has 2 N–H and O–H groups in total. The van der Waals surface area contributed by atoms with Crippen molar-refractivity contribution in [2.45, 2.75) is 39.7 Å². The molecule has 2 heterocycles. The zero-order valence-electron chi connectivity index (χ0n) is 16.2. The standard InChI is InChI=1S/C19H34N4O2/c1-5-20-18(21-15-19(4,24)17-9-8-12-25-17)23-11-10-16(14-23)13-22(6-2)7-3/h8-9,12,16,24H,5-7,10-11,13-15H2,1-4H3,(H,20,21). The van der Waals surface area contributed by atoms with Gasteiger partial charge in [-0.2, -0.15) is 0 Å². The zero-order valence-corrected chi connectivity index (χ0v) is 16.2. The van der Waals surface area contributed by atoms with Gasteiger partial charge in [-0.3, -0.25) is 0 Å². The largest absolute Gasteiger partial charge is 0.466 e. The molecule has 1 aromatic heterocycles. The molecule has 0 amide bonds. The van der Waals surface area contributed by atoms with Crippen molar-refractivity contribution in [1.29, 1.82) is 0 Å². The average Bonchev–Trinajstić information content (AvgIpc) is 3.28. The van der Waals surface area contributed by atoms with Crippen LogP contribution in [0.4, 0.5) is 0 Å². The summed E-state index contributed by atoms with van der Waals surface area (Å²) in [5, 5.41) is 14.0. The third-order valence-electron chi connectivity index (χ3n) is 4.92. The summed E-state index contributed by atoms with van der Waals surface area (Å²) in [6, 6.07) is 3.58. The van der Waals surface area contributed by atoms with Crippen LogP contribution in [0.5, 0.6) is 0 Å². The van der Waals surface area contributed by atoms with Gasteiger partial charge in [-0.15, -0.1) is 0 Å². The fraction of sp³-hybridized carbons (Fsp3) is 0.737. The van der Waals surface area contributed by atoms with E-state index >= 15 is 0 Å². The minimum absolute atomic E-state index is 0.278. The first kappa shape index (κ1) is 19.8. The second-order valence-electron chi connectivity index (χ2n) is 7.01. The third-order valence-corrected chi connectivity index (χ3v) is 4.92. The Morgan fingerprint density at radius 1 is 1.44 bits per heavy atom. The number of guanidine groups is 1. The molecule has 6 nitrogen and oxygen atoms in total. The molecule has 0 radical (unpaired) electrons. The molecule has 2 unspecified atom stereocenters. The topological polar surface area (TPSA) is 64.2 Å². The number of aliphatic hydroxyl groups is 1. The van der Waals surface area contributed by atoms with Crippen molar-refractivity contribution in [2.75, 3.05) is 45.8 Å². The number of aliphatic imine (C=N–C) groups is 1. The van der Waals surface area contributed by atoms with Crippen molar-refractivity contribution in [1.82, 2.24) is 15.1 Å². The molecule has 1 fully saturated rings. The maximum Gasteiger partial charge on any atom is 0.194 e. The first-order valence-electron chi connectivity index (χ1n) is 9.52. The van der Waals surface area contributed by atoms with Crippen molar-refractivity contribution in [3.63, 3.8) is 0 Å². The van der Waals surface area contributed by atoms with Gasteiger partial charge >= 0.3 is 0 Å². The number of furan rings is 1. The predicted molar refractivity (Wildman–Crippen MR) is 102 cm³/mol. The summed E-state index contributed by atoms with van der Waals surface area (Å²) in [5.74, 6) is 2.11. The normalized spacial score (nSPS) is 21.0. The van der Waals surface area contributed by atoms with Crippen LogP contribution in [0.1, 0.15) is 39.9 Å². The van der Waals surface area contributed by atoms with E-state index in [1.807, 2.05) is 0 Å². The Labute approximate surface area is 151 Å². The van der Waals surface area contributed by atoms with E-state index in [-0.39, 0.29) is 6.54 Å². The second kappa shape index (κ2) is 9.25. The minimum atomic E-state index is -1.09. The summed E-state index contributed by atoms with van der Waals surface area (Å²) in [6.07, 6.45) is 2.77. The van der Waals surface area contributed by atoms with Gasteiger partial charge < -0.3 is 24.6 Å². The highest BCUT2D eigenvalue weighted by Gasteiger charge is 2.29. The van der Waals surface area contributed by atoms with Crippen LogP contribution in [0.15, 0.2) is 27.8 Å². The van der Waals surface area contributed by atoms with Crippen LogP contribution >= 0.6 is 0 Å². The molecule has 1 aliphatic rings. The number of rotatable bonds is 8. The van der Waals surface area contributed by atoms with E-state index in [0.29, 0.717) is 11.7 Å². The van der Waals surface area contributed by atoms with Gasteiger partial charge in [0.25, 0.3) is 0 Å². The number of hydrogen-bond acceptors (Lipinski definition) is 4. The van der Waals surface area contributed by atoms with E-state index in [1.165, 1.54) is 6.42 Å². The van der Waals surface area contributed by atoms with E-state index in [0.717, 1.165) is 45.2 Å². The Balaban J connectivity index is 1.98. The number of nitrogens with zero attached hydrogens (tertiary/aromatic N) is 3. The van der Waals surface area contributed by atoms with Crippen molar-refractivity contribution in [3.05, 3.63) is 24.2 Å². The molecule has 25 heavy (non-hydrogen) atoms. The van der Waals surface area contributed by atoms with E-state index in [2.05, 4.69) is 40.9 Å². The summed E-state index contributed by atoms with van der Waals surface area (Å²) >= 11 is 0. The Morgan fingerprint density at radius 2 is 2.20 bits per heavy atom. The monoisotopic (exact) mass is 350 g/mol. The zero-order chi connectivity index (χ0) is 18.3. The van der Waals surface area contributed by atoms with E-state index < -0.39 is 5.60 Å². The lowest BCUT2D eigenvalue weighted by Crippen LogP contribution is -2.42. The van der Waals surface area contributed by atoms with E-state index in [1.54, 1.807) is 25.3 Å². The molecule has 142 valence electrons. The van der Waals surface area contributed by atoms with Gasteiger partial charge in [0.05, 0.1) is 12.8 Å². The minimum Gasteiger partial charge on any atom is -0.466 e. The van der Waals surface area contributed by atoms with Gasteiger partial charge in [-0.1, -0.05) is 13.8 Å². The van der Waals surface area contributed by atoms with Crippen molar-refractivity contribution in [3.8, 4) is 0 Å². The second-order valence-corrected chi connectivity index (χ2v) is 7.01. The van der Waals surface area contributed by atoms with Gasteiger partial charge in [0.1, 0.15) is 11.4 Å². The van der Waals surface area contributed by atoms with Gasteiger partial charge in [-0.05, 0) is 51.4 Å². The predicted octanol–water partition coefficient (Wildman–Crippen LogP) is 2.12. The summed E-state index contributed by atoms with van der Waals surface area (Å²) < 4.78 is 5.34. The van der Waals surface area contributed by atoms with Gasteiger partial charge in [0.2, 0.25) is 0 Å². The Hall–Kier alpha value is -1.53. The van der Waals surface area contributed by atoms with Crippen LogP contribution in [0.25, 0.3) is 0 Å². The molecule has 0 spiro atoms. The molecule has 0 saturated carbocycles. The molecule has 0 aliphatic carbocycles. The maximum absolute atomic E-state index is 10.6. The first-order chi connectivity index (χ1) is 12.0. The van der Waals surface area contributed by atoms with Crippen molar-refractivity contribution in [2.24, 2.45) is 10.9 Å². The fourth-order valence-electron chi connectivity index (χ4n) is 3.34. The molecule has 0 aromatic carbocycles. The molecule has 1 saturated heterocycles. The summed E-state index contributed by atoms with van der Waals surface area (Å²) in [7, 11) is 0. The van der Waals surface area contributed by atoms with Crippen LogP contribution < -0.4 is 5.32 Å². The number of likely N-dealkylation sites (tertiary alicyclic amines) is 1. The van der Waals surface area contributed by atoms with Crippen LogP contribution in [0, 0.1) is 5.92 Å². The lowest BCUT2D eigenvalue weighted by Gasteiger charge is -2.25. The van der Waals surface area contributed by atoms with Gasteiger partial charge in [-0.25, -0.2) is 4.99 Å². The lowest BCUT2D eigenvalue weighted by atomic mass is 10.0. The van der Waals surface area contributed by atoms with E-state index in [4.69, 9.17) is 4.42 Å². The highest BCUT2D eigenvalue weighted by atomic mass is 16.4. The summed E-state index contributed by atoms with van der Waals surface area (Å²) in [4.78, 5) is 9.49. The molecule has 1 aromatic rings. The molecule has 0 bridgehead atoms. The smallest absolute Gasteiger partial charge is 0.194 e. The van der Waals surface area contributed by atoms with E-state index in [9.17, 15) is 5.11 Å². The highest BCUT2D eigenvalue weighted by Crippen LogP contribution is 2.22. The summed E-state index contributed by atoms with van der Waals surface area (Å²) in [6.45, 7) is 14.7. The Bertz CT molecular complexity index is 524. The molecular formula is C19H34N4O2. The average molecular weight is 351 g/mol. The molecular weight excluding hydrogens is 316 g/mol. The Morgan fingerprint density at radius 3 is 2.80 bits per heavy atom. The quantitative estimate of drug-likeness (QED) is 0.555. The van der Waals surface area contributed by atoms with Gasteiger partial charge in [0, 0.05) is 26.2 Å².